The summed E-state index contributed by atoms with van der Waals surface area (Å²) < 4.78 is 41.4. The Morgan fingerprint density at radius 2 is 1.88 bits per heavy atom. The number of carbonyl (C=O) groups is 1. The summed E-state index contributed by atoms with van der Waals surface area (Å²) in [7, 11) is -3.31. The Bertz CT molecular complexity index is 745. The van der Waals surface area contributed by atoms with E-state index in [4.69, 9.17) is 0 Å². The number of nitrogens with zero attached hydrogens (tertiary/aromatic N) is 1. The quantitative estimate of drug-likeness (QED) is 0.458. The van der Waals surface area contributed by atoms with Gasteiger partial charge in [-0.3, -0.25) is 4.79 Å². The van der Waals surface area contributed by atoms with E-state index < -0.39 is 21.4 Å². The van der Waals surface area contributed by atoms with Crippen LogP contribution in [0.3, 0.4) is 0 Å². The molecule has 1 aliphatic carbocycles. The fourth-order valence-electron chi connectivity index (χ4n) is 6.34. The summed E-state index contributed by atoms with van der Waals surface area (Å²) in [5, 5.41) is 9.62. The first-order valence-electron chi connectivity index (χ1n) is 13.2. The van der Waals surface area contributed by atoms with Crippen molar-refractivity contribution in [3.05, 3.63) is 0 Å². The summed E-state index contributed by atoms with van der Waals surface area (Å²) >= 11 is 0. The topological polar surface area (TPSA) is 90.5 Å². The predicted molar refractivity (Wildman–Crippen MR) is 128 cm³/mol. The van der Waals surface area contributed by atoms with Crippen LogP contribution in [0.25, 0.3) is 0 Å². The van der Waals surface area contributed by atoms with E-state index in [2.05, 4.69) is 16.0 Å². The molecule has 3 heterocycles. The standard InChI is InChI=1S/C24H43FN4O3S/c1-17-14-20(5-6-21(17)25)33(31,32)29-12-8-18(9-13-29)4-2-3-10-27-24(30)23-15-19-16-26-11-7-22(19)28-23/h17-23,26,28H,2-16H2,1H3,(H,27,30). The molecule has 4 aliphatic rings. The van der Waals surface area contributed by atoms with Crippen LogP contribution in [0.4, 0.5) is 4.39 Å². The maximum Gasteiger partial charge on any atom is 0.237 e. The van der Waals surface area contributed by atoms with E-state index in [9.17, 15) is 17.6 Å². The first-order valence-corrected chi connectivity index (χ1v) is 14.7. The molecule has 4 rings (SSSR count). The number of fused-ring (bicyclic) bond motifs is 1. The van der Waals surface area contributed by atoms with Gasteiger partial charge in [0.2, 0.25) is 15.9 Å². The molecule has 3 saturated heterocycles. The van der Waals surface area contributed by atoms with Crippen LogP contribution in [0.1, 0.15) is 71.1 Å². The van der Waals surface area contributed by atoms with E-state index in [0.29, 0.717) is 56.8 Å². The number of piperidine rings is 2. The van der Waals surface area contributed by atoms with Crippen molar-refractivity contribution in [2.45, 2.75) is 94.6 Å². The highest BCUT2D eigenvalue weighted by atomic mass is 32.2. The van der Waals surface area contributed by atoms with Gasteiger partial charge in [0.1, 0.15) is 6.17 Å². The Balaban J connectivity index is 1.09. The lowest BCUT2D eigenvalue weighted by Crippen LogP contribution is -2.46. The molecule has 0 bridgehead atoms. The monoisotopic (exact) mass is 486 g/mol. The molecule has 6 unspecified atom stereocenters. The molecule has 0 spiro atoms. The molecule has 33 heavy (non-hydrogen) atoms. The highest BCUT2D eigenvalue weighted by Crippen LogP contribution is 2.34. The summed E-state index contributed by atoms with van der Waals surface area (Å²) in [5.74, 6) is 1.10. The van der Waals surface area contributed by atoms with E-state index in [1.165, 1.54) is 0 Å². The third-order valence-corrected chi connectivity index (χ3v) is 10.9. The summed E-state index contributed by atoms with van der Waals surface area (Å²) in [6.45, 7) is 5.78. The zero-order valence-electron chi connectivity index (χ0n) is 20.1. The minimum atomic E-state index is -3.31. The second-order valence-corrected chi connectivity index (χ2v) is 13.1. The Morgan fingerprint density at radius 1 is 1.09 bits per heavy atom. The number of alkyl halides is 1. The molecular weight excluding hydrogens is 443 g/mol. The number of carbonyl (C=O) groups excluding carboxylic acids is 1. The molecule has 1 saturated carbocycles. The molecule has 1 amide bonds. The summed E-state index contributed by atoms with van der Waals surface area (Å²) in [6, 6.07) is 0.438. The van der Waals surface area contributed by atoms with Crippen molar-refractivity contribution >= 4 is 15.9 Å². The van der Waals surface area contributed by atoms with E-state index in [1.807, 2.05) is 6.92 Å². The number of rotatable bonds is 8. The summed E-state index contributed by atoms with van der Waals surface area (Å²) in [5.41, 5.74) is 0. The highest BCUT2D eigenvalue weighted by Gasteiger charge is 2.40. The van der Waals surface area contributed by atoms with Crippen LogP contribution in [-0.4, -0.2) is 74.9 Å². The lowest BCUT2D eigenvalue weighted by molar-refractivity contribution is -0.122. The molecule has 6 atom stereocenters. The van der Waals surface area contributed by atoms with E-state index in [1.54, 1.807) is 4.31 Å². The fraction of sp³-hybridized carbons (Fsp3) is 0.958. The Hall–Kier alpha value is -0.770. The number of halogens is 1. The van der Waals surface area contributed by atoms with Crippen molar-refractivity contribution in [1.29, 1.82) is 0 Å². The molecule has 190 valence electrons. The summed E-state index contributed by atoms with van der Waals surface area (Å²) in [6.07, 6.45) is 7.37. The summed E-state index contributed by atoms with van der Waals surface area (Å²) in [4.78, 5) is 12.5. The average Bonchev–Trinajstić information content (AvgIpc) is 3.25. The number of amides is 1. The molecule has 9 heteroatoms. The molecule has 0 aromatic rings. The van der Waals surface area contributed by atoms with Gasteiger partial charge in [-0.1, -0.05) is 19.8 Å². The fourth-order valence-corrected chi connectivity index (χ4v) is 8.46. The van der Waals surface area contributed by atoms with E-state index in [-0.39, 0.29) is 17.9 Å². The van der Waals surface area contributed by atoms with E-state index >= 15 is 0 Å². The highest BCUT2D eigenvalue weighted by molar-refractivity contribution is 7.89. The van der Waals surface area contributed by atoms with Crippen LogP contribution in [0, 0.1) is 17.8 Å². The van der Waals surface area contributed by atoms with Crippen molar-refractivity contribution < 1.29 is 17.6 Å². The average molecular weight is 487 g/mol. The van der Waals surface area contributed by atoms with Crippen molar-refractivity contribution in [3.63, 3.8) is 0 Å². The van der Waals surface area contributed by atoms with Crippen molar-refractivity contribution in [1.82, 2.24) is 20.3 Å². The zero-order chi connectivity index (χ0) is 23.4. The predicted octanol–water partition coefficient (Wildman–Crippen LogP) is 2.18. The van der Waals surface area contributed by atoms with Gasteiger partial charge in [0.15, 0.2) is 0 Å². The van der Waals surface area contributed by atoms with Gasteiger partial charge in [-0.25, -0.2) is 17.1 Å². The third-order valence-electron chi connectivity index (χ3n) is 8.59. The van der Waals surface area contributed by atoms with Crippen LogP contribution < -0.4 is 16.0 Å². The van der Waals surface area contributed by atoms with Crippen LogP contribution in [0.15, 0.2) is 0 Å². The maximum absolute atomic E-state index is 13.8. The molecule has 7 nitrogen and oxygen atoms in total. The van der Waals surface area contributed by atoms with Gasteiger partial charge in [-0.2, -0.15) is 0 Å². The largest absolute Gasteiger partial charge is 0.355 e. The van der Waals surface area contributed by atoms with Crippen molar-refractivity contribution in [2.24, 2.45) is 17.8 Å². The maximum atomic E-state index is 13.8. The van der Waals surface area contributed by atoms with Gasteiger partial charge in [0.05, 0.1) is 11.3 Å². The Labute approximate surface area is 199 Å². The van der Waals surface area contributed by atoms with Crippen molar-refractivity contribution in [2.75, 3.05) is 32.7 Å². The Morgan fingerprint density at radius 3 is 2.61 bits per heavy atom. The minimum absolute atomic E-state index is 0.0471. The smallest absolute Gasteiger partial charge is 0.237 e. The van der Waals surface area contributed by atoms with Gasteiger partial charge >= 0.3 is 0 Å². The lowest BCUT2D eigenvalue weighted by atomic mass is 9.89. The first kappa shape index (κ1) is 25.3. The second kappa shape index (κ2) is 11.3. The van der Waals surface area contributed by atoms with Crippen LogP contribution >= 0.6 is 0 Å². The van der Waals surface area contributed by atoms with Gasteiger partial charge in [0, 0.05) is 25.7 Å². The zero-order valence-corrected chi connectivity index (χ0v) is 20.9. The van der Waals surface area contributed by atoms with Crippen LogP contribution in [0.5, 0.6) is 0 Å². The second-order valence-electron chi connectivity index (χ2n) is 10.9. The molecule has 0 radical (unpaired) electrons. The number of hydrogen-bond acceptors (Lipinski definition) is 5. The molecular formula is C24H43FN4O3S. The Kier molecular flexibility index (Phi) is 8.68. The lowest BCUT2D eigenvalue weighted by Gasteiger charge is -2.36. The van der Waals surface area contributed by atoms with Gasteiger partial charge in [-0.15, -0.1) is 0 Å². The molecule has 0 aromatic carbocycles. The SMILES string of the molecule is CC1CC(S(=O)(=O)N2CCC(CCCCNC(=O)C3CC4CNCCC4N3)CC2)CCC1F. The number of unbranched alkanes of at least 4 members (excludes halogenated alkanes) is 1. The molecule has 3 N–H and O–H groups in total. The van der Waals surface area contributed by atoms with Gasteiger partial charge < -0.3 is 16.0 Å². The minimum Gasteiger partial charge on any atom is -0.355 e. The number of sulfonamides is 1. The molecule has 3 aliphatic heterocycles. The number of hydrogen-bond donors (Lipinski definition) is 3. The van der Waals surface area contributed by atoms with Gasteiger partial charge in [-0.05, 0) is 82.2 Å². The van der Waals surface area contributed by atoms with Crippen molar-refractivity contribution in [3.8, 4) is 0 Å². The van der Waals surface area contributed by atoms with Gasteiger partial charge in [0.25, 0.3) is 0 Å². The third kappa shape index (κ3) is 6.27. The molecule has 4 fully saturated rings. The molecule has 0 aromatic heterocycles. The van der Waals surface area contributed by atoms with E-state index in [0.717, 1.165) is 58.0 Å². The van der Waals surface area contributed by atoms with Crippen LogP contribution in [0.2, 0.25) is 0 Å². The normalized spacial score (nSPS) is 36.4. The van der Waals surface area contributed by atoms with Crippen LogP contribution in [-0.2, 0) is 14.8 Å². The first-order chi connectivity index (χ1) is 15.8. The number of nitrogens with one attached hydrogen (secondary N) is 3.